The first-order valence-electron chi connectivity index (χ1n) is 5.48. The Balaban J connectivity index is 2.12. The van der Waals surface area contributed by atoms with E-state index >= 15 is 0 Å². The Morgan fingerprint density at radius 1 is 1.26 bits per heavy atom. The maximum atomic E-state index is 12.4. The minimum Gasteiger partial charge on any atom is -0.294 e. The van der Waals surface area contributed by atoms with Gasteiger partial charge >= 0.3 is 6.18 Å². The maximum absolute atomic E-state index is 12.4. The van der Waals surface area contributed by atoms with Gasteiger partial charge in [0.15, 0.2) is 5.78 Å². The SMILES string of the molecule is Cc1csc(CC(=O)c2ccc(C(F)(F)F)cc2)n1. The molecule has 6 heteroatoms. The maximum Gasteiger partial charge on any atom is 0.416 e. The first-order chi connectivity index (χ1) is 8.86. The summed E-state index contributed by atoms with van der Waals surface area (Å²) in [5.41, 5.74) is 0.343. The van der Waals surface area contributed by atoms with Crippen molar-refractivity contribution in [2.24, 2.45) is 0 Å². The largest absolute Gasteiger partial charge is 0.416 e. The molecule has 100 valence electrons. The van der Waals surface area contributed by atoms with E-state index in [0.717, 1.165) is 17.8 Å². The third-order valence-corrected chi connectivity index (χ3v) is 3.48. The Morgan fingerprint density at radius 2 is 1.89 bits per heavy atom. The van der Waals surface area contributed by atoms with Crippen molar-refractivity contribution in [2.75, 3.05) is 0 Å². The van der Waals surface area contributed by atoms with Crippen LogP contribution in [0.25, 0.3) is 0 Å². The number of alkyl halides is 3. The minimum absolute atomic E-state index is 0.115. The van der Waals surface area contributed by atoms with Gasteiger partial charge in [-0.2, -0.15) is 13.2 Å². The Labute approximate surface area is 111 Å². The van der Waals surface area contributed by atoms with Gasteiger partial charge < -0.3 is 0 Å². The van der Waals surface area contributed by atoms with E-state index in [0.29, 0.717) is 5.01 Å². The number of hydrogen-bond acceptors (Lipinski definition) is 3. The molecular weight excluding hydrogens is 275 g/mol. The van der Waals surface area contributed by atoms with Crippen LogP contribution in [0.15, 0.2) is 29.6 Å². The van der Waals surface area contributed by atoms with Crippen LogP contribution < -0.4 is 0 Å². The number of benzene rings is 1. The summed E-state index contributed by atoms with van der Waals surface area (Å²) in [6.45, 7) is 1.82. The number of rotatable bonds is 3. The number of halogens is 3. The number of aryl methyl sites for hydroxylation is 1. The highest BCUT2D eigenvalue weighted by atomic mass is 32.1. The molecule has 0 N–H and O–H groups in total. The van der Waals surface area contributed by atoms with Crippen molar-refractivity contribution in [1.29, 1.82) is 0 Å². The van der Waals surface area contributed by atoms with Gasteiger partial charge in [-0.25, -0.2) is 4.98 Å². The topological polar surface area (TPSA) is 30.0 Å². The van der Waals surface area contributed by atoms with E-state index in [-0.39, 0.29) is 17.8 Å². The van der Waals surface area contributed by atoms with Crippen LogP contribution in [0.2, 0.25) is 0 Å². The van der Waals surface area contributed by atoms with E-state index in [2.05, 4.69) is 4.98 Å². The molecule has 0 unspecified atom stereocenters. The van der Waals surface area contributed by atoms with Gasteiger partial charge in [0.25, 0.3) is 0 Å². The predicted molar refractivity (Wildman–Crippen MR) is 66.3 cm³/mol. The predicted octanol–water partition coefficient (Wildman–Crippen LogP) is 3.90. The molecule has 0 aliphatic heterocycles. The van der Waals surface area contributed by atoms with Gasteiger partial charge in [0.1, 0.15) is 5.01 Å². The van der Waals surface area contributed by atoms with E-state index in [4.69, 9.17) is 0 Å². The molecule has 0 fully saturated rings. The molecule has 0 aliphatic carbocycles. The van der Waals surface area contributed by atoms with E-state index < -0.39 is 11.7 Å². The van der Waals surface area contributed by atoms with Gasteiger partial charge in [0, 0.05) is 16.6 Å². The quantitative estimate of drug-likeness (QED) is 0.801. The highest BCUT2D eigenvalue weighted by Gasteiger charge is 2.30. The van der Waals surface area contributed by atoms with Crippen LogP contribution >= 0.6 is 11.3 Å². The molecule has 2 aromatic rings. The zero-order chi connectivity index (χ0) is 14.0. The zero-order valence-corrected chi connectivity index (χ0v) is 10.8. The summed E-state index contributed by atoms with van der Waals surface area (Å²) in [4.78, 5) is 16.0. The number of ketones is 1. The first kappa shape index (κ1) is 13.7. The summed E-state index contributed by atoms with van der Waals surface area (Å²) in [7, 11) is 0. The van der Waals surface area contributed by atoms with Crippen molar-refractivity contribution < 1.29 is 18.0 Å². The second-order valence-corrected chi connectivity index (χ2v) is 5.00. The molecule has 0 bridgehead atoms. The average molecular weight is 285 g/mol. The van der Waals surface area contributed by atoms with Gasteiger partial charge in [0.2, 0.25) is 0 Å². The lowest BCUT2D eigenvalue weighted by atomic mass is 10.1. The molecule has 0 spiro atoms. The molecule has 0 atom stereocenters. The summed E-state index contributed by atoms with van der Waals surface area (Å²) in [5.74, 6) is -0.233. The number of thiazole rings is 1. The summed E-state index contributed by atoms with van der Waals surface area (Å²) < 4.78 is 37.1. The number of Topliss-reactive ketones (excluding diaryl/α,β-unsaturated/α-hetero) is 1. The summed E-state index contributed by atoms with van der Waals surface area (Å²) in [6.07, 6.45) is -4.27. The Morgan fingerprint density at radius 3 is 2.37 bits per heavy atom. The molecule has 2 rings (SSSR count). The van der Waals surface area contributed by atoms with Crippen LogP contribution in [0.4, 0.5) is 13.2 Å². The third kappa shape index (κ3) is 3.41. The Bertz CT molecular complexity index is 587. The second-order valence-electron chi connectivity index (χ2n) is 4.06. The van der Waals surface area contributed by atoms with Crippen LogP contribution in [-0.4, -0.2) is 10.8 Å². The van der Waals surface area contributed by atoms with Crippen molar-refractivity contribution in [3.8, 4) is 0 Å². The summed E-state index contributed by atoms with van der Waals surface area (Å²) in [6, 6.07) is 4.23. The lowest BCUT2D eigenvalue weighted by Crippen LogP contribution is -2.07. The van der Waals surface area contributed by atoms with E-state index in [9.17, 15) is 18.0 Å². The zero-order valence-electron chi connectivity index (χ0n) is 9.99. The van der Waals surface area contributed by atoms with Crippen LogP contribution in [-0.2, 0) is 12.6 Å². The van der Waals surface area contributed by atoms with Gasteiger partial charge in [-0.05, 0) is 19.1 Å². The minimum atomic E-state index is -4.38. The Kier molecular flexibility index (Phi) is 3.71. The lowest BCUT2D eigenvalue weighted by Gasteiger charge is -2.06. The molecule has 19 heavy (non-hydrogen) atoms. The molecule has 0 aliphatic rings. The molecule has 0 saturated heterocycles. The molecule has 0 amide bonds. The van der Waals surface area contributed by atoms with Crippen molar-refractivity contribution in [2.45, 2.75) is 19.5 Å². The number of carbonyl (C=O) groups is 1. The first-order valence-corrected chi connectivity index (χ1v) is 6.35. The second kappa shape index (κ2) is 5.13. The van der Waals surface area contributed by atoms with Gasteiger partial charge in [0.05, 0.1) is 12.0 Å². The molecule has 0 radical (unpaired) electrons. The monoisotopic (exact) mass is 285 g/mol. The van der Waals surface area contributed by atoms with Gasteiger partial charge in [-0.1, -0.05) is 12.1 Å². The molecular formula is C13H10F3NOS. The fourth-order valence-electron chi connectivity index (χ4n) is 1.57. The fourth-order valence-corrected chi connectivity index (χ4v) is 2.34. The van der Waals surface area contributed by atoms with Gasteiger partial charge in [-0.3, -0.25) is 4.79 Å². The fraction of sp³-hybridized carbons (Fsp3) is 0.231. The smallest absolute Gasteiger partial charge is 0.294 e. The molecule has 1 aromatic heterocycles. The molecule has 1 aromatic carbocycles. The average Bonchev–Trinajstić information content (AvgIpc) is 2.74. The van der Waals surface area contributed by atoms with Crippen molar-refractivity contribution in [1.82, 2.24) is 4.98 Å². The normalized spacial score (nSPS) is 11.6. The van der Waals surface area contributed by atoms with Crippen molar-refractivity contribution >= 4 is 17.1 Å². The van der Waals surface area contributed by atoms with Crippen LogP contribution in [0.1, 0.15) is 26.6 Å². The lowest BCUT2D eigenvalue weighted by molar-refractivity contribution is -0.137. The molecule has 1 heterocycles. The Hall–Kier alpha value is -1.69. The highest BCUT2D eigenvalue weighted by Crippen LogP contribution is 2.29. The number of nitrogens with zero attached hydrogens (tertiary/aromatic N) is 1. The van der Waals surface area contributed by atoms with Gasteiger partial charge in [-0.15, -0.1) is 11.3 Å². The number of carbonyl (C=O) groups excluding carboxylic acids is 1. The van der Waals surface area contributed by atoms with E-state index in [1.54, 1.807) is 0 Å². The molecule has 2 nitrogen and oxygen atoms in total. The van der Waals surface area contributed by atoms with Crippen LogP contribution in [0, 0.1) is 6.92 Å². The summed E-state index contributed by atoms with van der Waals surface area (Å²) in [5, 5.41) is 2.50. The number of hydrogen-bond donors (Lipinski definition) is 0. The van der Waals surface area contributed by atoms with E-state index in [1.807, 2.05) is 12.3 Å². The van der Waals surface area contributed by atoms with Crippen LogP contribution in [0.5, 0.6) is 0 Å². The molecule has 0 saturated carbocycles. The van der Waals surface area contributed by atoms with Crippen LogP contribution in [0.3, 0.4) is 0 Å². The summed E-state index contributed by atoms with van der Waals surface area (Å²) >= 11 is 1.37. The van der Waals surface area contributed by atoms with Crippen molar-refractivity contribution in [3.63, 3.8) is 0 Å². The standard InChI is InChI=1S/C13H10F3NOS/c1-8-7-19-12(17-8)6-11(18)9-2-4-10(5-3-9)13(14,15)16/h2-5,7H,6H2,1H3. The van der Waals surface area contributed by atoms with Crippen molar-refractivity contribution in [3.05, 3.63) is 51.5 Å². The number of aromatic nitrogens is 1. The van der Waals surface area contributed by atoms with E-state index in [1.165, 1.54) is 23.5 Å². The highest BCUT2D eigenvalue weighted by molar-refractivity contribution is 7.09. The third-order valence-electron chi connectivity index (χ3n) is 2.51.